The first-order valence-corrected chi connectivity index (χ1v) is 14.6. The Labute approximate surface area is 263 Å². The normalized spacial score (nSPS) is 11.4. The number of hydrogen-bond donors (Lipinski definition) is 4. The number of carbonyl (C=O) groups excluding carboxylic acids is 1. The van der Waals surface area contributed by atoms with Crippen LogP contribution in [-0.2, 0) is 0 Å². The van der Waals surface area contributed by atoms with E-state index < -0.39 is 0 Å². The molecule has 0 saturated carbocycles. The minimum absolute atomic E-state index is 0.229. The Hall–Kier alpha value is -6.01. The molecule has 11 nitrogen and oxygen atoms in total. The van der Waals surface area contributed by atoms with E-state index >= 15 is 0 Å². The Morgan fingerprint density at radius 1 is 0.913 bits per heavy atom. The van der Waals surface area contributed by atoms with Gasteiger partial charge in [-0.2, -0.15) is 5.10 Å². The monoisotopic (exact) mass is 612 g/mol. The number of imidazole rings is 1. The van der Waals surface area contributed by atoms with Crippen LogP contribution in [0.1, 0.15) is 10.4 Å². The highest BCUT2D eigenvalue weighted by Crippen LogP contribution is 2.32. The van der Waals surface area contributed by atoms with Crippen LogP contribution in [0.3, 0.4) is 0 Å². The number of benzene rings is 2. The molecule has 5 heterocycles. The molecule has 0 aliphatic carbocycles. The molecule has 228 valence electrons. The van der Waals surface area contributed by atoms with Crippen molar-refractivity contribution in [3.63, 3.8) is 0 Å². The van der Waals surface area contributed by atoms with Gasteiger partial charge in [0.2, 0.25) is 0 Å². The van der Waals surface area contributed by atoms with Crippen molar-refractivity contribution in [3.05, 3.63) is 103 Å². The number of amides is 1. The second-order valence-corrected chi connectivity index (χ2v) is 11.0. The summed E-state index contributed by atoms with van der Waals surface area (Å²) in [6.07, 6.45) is 4.94. The highest BCUT2D eigenvalue weighted by atomic mass is 19.1. The van der Waals surface area contributed by atoms with E-state index in [-0.39, 0.29) is 11.7 Å². The Balaban J connectivity index is 1.21. The predicted molar refractivity (Wildman–Crippen MR) is 177 cm³/mol. The summed E-state index contributed by atoms with van der Waals surface area (Å²) < 4.78 is 14.7. The number of hydrogen-bond acceptors (Lipinski definition) is 8. The second kappa shape index (κ2) is 12.2. The first-order chi connectivity index (χ1) is 22.4. The molecule has 1 amide bonds. The van der Waals surface area contributed by atoms with Crippen LogP contribution in [0.5, 0.6) is 0 Å². The van der Waals surface area contributed by atoms with E-state index in [1.807, 2.05) is 62.6 Å². The zero-order chi connectivity index (χ0) is 31.6. The number of rotatable bonds is 9. The number of carbonyl (C=O) groups is 1. The summed E-state index contributed by atoms with van der Waals surface area (Å²) in [5.41, 5.74) is 7.49. The summed E-state index contributed by atoms with van der Waals surface area (Å²) >= 11 is 0. The average molecular weight is 613 g/mol. The number of nitrogens with one attached hydrogen (secondary N) is 4. The van der Waals surface area contributed by atoms with Gasteiger partial charge >= 0.3 is 0 Å². The predicted octanol–water partition coefficient (Wildman–Crippen LogP) is 5.99. The maximum absolute atomic E-state index is 14.7. The van der Waals surface area contributed by atoms with Gasteiger partial charge in [-0.3, -0.25) is 14.9 Å². The summed E-state index contributed by atoms with van der Waals surface area (Å²) in [6.45, 7) is 1.49. The Bertz CT molecular complexity index is 2190. The van der Waals surface area contributed by atoms with Gasteiger partial charge in [0.25, 0.3) is 5.91 Å². The van der Waals surface area contributed by atoms with Crippen LogP contribution in [-0.4, -0.2) is 73.1 Å². The lowest BCUT2D eigenvalue weighted by atomic mass is 10.0. The Morgan fingerprint density at radius 3 is 2.61 bits per heavy atom. The summed E-state index contributed by atoms with van der Waals surface area (Å²) in [7, 11) is 3.98. The van der Waals surface area contributed by atoms with E-state index in [0.29, 0.717) is 68.5 Å². The molecule has 46 heavy (non-hydrogen) atoms. The smallest absolute Gasteiger partial charge is 0.255 e. The molecule has 4 N–H and O–H groups in total. The van der Waals surface area contributed by atoms with E-state index in [1.54, 1.807) is 30.7 Å². The van der Waals surface area contributed by atoms with Gasteiger partial charge in [0.05, 0.1) is 23.1 Å². The zero-order valence-corrected chi connectivity index (χ0v) is 25.0. The minimum atomic E-state index is -0.348. The highest BCUT2D eigenvalue weighted by molar-refractivity contribution is 6.04. The Kier molecular flexibility index (Phi) is 7.61. The van der Waals surface area contributed by atoms with Crippen molar-refractivity contribution in [1.29, 1.82) is 0 Å². The first kappa shape index (κ1) is 28.7. The van der Waals surface area contributed by atoms with E-state index in [9.17, 15) is 9.18 Å². The third-order valence-electron chi connectivity index (χ3n) is 7.44. The molecule has 0 unspecified atom stereocenters. The standard InChI is InChI=1S/C34H29FN10O/c1-45(2)13-12-37-24-15-21(14-23(35)17-24)26-10-11-38-32-29(26)41-33(42-32)31-30-28(43-44-31)9-8-27(40-30)22-16-25(19-36-18-22)39-34(46)20-6-4-3-5-7-20/h3-11,14-19,37H,12-13H2,1-2H3,(H,39,46)(H,43,44)(H,38,41,42). The topological polar surface area (TPSA) is 140 Å². The molecular weight excluding hydrogens is 583 g/mol. The van der Waals surface area contributed by atoms with Gasteiger partial charge < -0.3 is 20.5 Å². The lowest BCUT2D eigenvalue weighted by Crippen LogP contribution is -2.20. The number of anilines is 2. The largest absolute Gasteiger partial charge is 0.384 e. The number of H-pyrrole nitrogens is 2. The van der Waals surface area contributed by atoms with E-state index in [0.717, 1.165) is 17.7 Å². The number of likely N-dealkylation sites (N-methyl/N-ethyl adjacent to an activating group) is 1. The molecule has 0 aliphatic rings. The molecule has 0 aliphatic heterocycles. The first-order valence-electron chi connectivity index (χ1n) is 14.6. The molecule has 2 aromatic carbocycles. The number of halogens is 1. The number of nitrogens with zero attached hydrogens (tertiary/aromatic N) is 6. The van der Waals surface area contributed by atoms with Crippen molar-refractivity contribution in [3.8, 4) is 33.9 Å². The van der Waals surface area contributed by atoms with Gasteiger partial charge in [-0.05, 0) is 74.3 Å². The number of aromatic nitrogens is 7. The third-order valence-corrected chi connectivity index (χ3v) is 7.44. The molecule has 7 rings (SSSR count). The average Bonchev–Trinajstić information content (AvgIpc) is 3.69. The van der Waals surface area contributed by atoms with Gasteiger partial charge in [0, 0.05) is 47.9 Å². The minimum Gasteiger partial charge on any atom is -0.384 e. The fourth-order valence-electron chi connectivity index (χ4n) is 5.19. The van der Waals surface area contributed by atoms with Gasteiger partial charge in [-0.1, -0.05) is 18.2 Å². The van der Waals surface area contributed by atoms with Crippen molar-refractivity contribution in [1.82, 2.24) is 40.0 Å². The number of aromatic amines is 2. The fourth-order valence-corrected chi connectivity index (χ4v) is 5.19. The van der Waals surface area contributed by atoms with Crippen molar-refractivity contribution >= 4 is 39.5 Å². The van der Waals surface area contributed by atoms with E-state index in [4.69, 9.17) is 9.97 Å². The maximum Gasteiger partial charge on any atom is 0.255 e. The fraction of sp³-hybridized carbons (Fsp3) is 0.118. The highest BCUT2D eigenvalue weighted by Gasteiger charge is 2.18. The van der Waals surface area contributed by atoms with Crippen LogP contribution >= 0.6 is 0 Å². The van der Waals surface area contributed by atoms with Gasteiger partial charge in [0.15, 0.2) is 17.2 Å². The van der Waals surface area contributed by atoms with Crippen molar-refractivity contribution in [2.24, 2.45) is 0 Å². The molecule has 0 atom stereocenters. The van der Waals surface area contributed by atoms with Crippen molar-refractivity contribution in [2.45, 2.75) is 0 Å². The van der Waals surface area contributed by atoms with Crippen LogP contribution in [0.25, 0.3) is 56.1 Å². The number of fused-ring (bicyclic) bond motifs is 2. The molecule has 0 bridgehead atoms. The van der Waals surface area contributed by atoms with Crippen LogP contribution in [0, 0.1) is 5.82 Å². The van der Waals surface area contributed by atoms with Gasteiger partial charge in [-0.25, -0.2) is 19.3 Å². The van der Waals surface area contributed by atoms with Crippen LogP contribution in [0.2, 0.25) is 0 Å². The van der Waals surface area contributed by atoms with E-state index in [2.05, 4.69) is 40.7 Å². The molecule has 0 radical (unpaired) electrons. The van der Waals surface area contributed by atoms with Crippen LogP contribution in [0.4, 0.5) is 15.8 Å². The molecule has 0 spiro atoms. The van der Waals surface area contributed by atoms with Gasteiger partial charge in [-0.15, -0.1) is 0 Å². The summed E-state index contributed by atoms with van der Waals surface area (Å²) in [5.74, 6) is -0.111. The quantitative estimate of drug-likeness (QED) is 0.156. The lowest BCUT2D eigenvalue weighted by Gasteiger charge is -2.12. The number of pyridine rings is 3. The molecule has 12 heteroatoms. The molecule has 5 aromatic heterocycles. The van der Waals surface area contributed by atoms with Crippen LogP contribution in [0.15, 0.2) is 91.4 Å². The summed E-state index contributed by atoms with van der Waals surface area (Å²) in [4.78, 5) is 36.5. The SMILES string of the molecule is CN(C)CCNc1cc(F)cc(-c2ccnc3[nH]c(-c4n[nH]c5ccc(-c6cncc(NC(=O)c7ccccc7)c6)nc45)nc23)c1. The van der Waals surface area contributed by atoms with Crippen molar-refractivity contribution < 1.29 is 9.18 Å². The maximum atomic E-state index is 14.7. The second-order valence-electron chi connectivity index (χ2n) is 11.0. The zero-order valence-electron chi connectivity index (χ0n) is 25.0. The van der Waals surface area contributed by atoms with Crippen LogP contribution < -0.4 is 10.6 Å². The van der Waals surface area contributed by atoms with Gasteiger partial charge in [0.1, 0.15) is 16.9 Å². The lowest BCUT2D eigenvalue weighted by molar-refractivity contribution is 0.102. The van der Waals surface area contributed by atoms with E-state index in [1.165, 1.54) is 12.1 Å². The third kappa shape index (κ3) is 5.88. The van der Waals surface area contributed by atoms with Crippen molar-refractivity contribution in [2.75, 3.05) is 37.8 Å². The molecular formula is C34H29FN10O. The summed E-state index contributed by atoms with van der Waals surface area (Å²) in [6, 6.07) is 21.2. The Morgan fingerprint density at radius 2 is 1.76 bits per heavy atom. The molecule has 0 fully saturated rings. The summed E-state index contributed by atoms with van der Waals surface area (Å²) in [5, 5.41) is 13.7. The molecule has 0 saturated heterocycles. The molecule has 7 aromatic rings.